The minimum Gasteiger partial charge on any atom is -0.494 e. The van der Waals surface area contributed by atoms with Crippen molar-refractivity contribution in [2.24, 2.45) is 0 Å². The minimum absolute atomic E-state index is 0.196. The maximum atomic E-state index is 12.1. The molecule has 3 aromatic rings. The lowest BCUT2D eigenvalue weighted by atomic mass is 10.1. The average Bonchev–Trinajstić information content (AvgIpc) is 3.10. The van der Waals surface area contributed by atoms with Crippen molar-refractivity contribution in [3.8, 4) is 17.0 Å². The molecule has 26 heavy (non-hydrogen) atoms. The molecule has 2 aromatic carbocycles. The van der Waals surface area contributed by atoms with Gasteiger partial charge in [-0.05, 0) is 49.8 Å². The summed E-state index contributed by atoms with van der Waals surface area (Å²) >= 11 is 1.40. The van der Waals surface area contributed by atoms with Gasteiger partial charge in [-0.3, -0.25) is 10.1 Å². The molecule has 1 heterocycles. The van der Waals surface area contributed by atoms with Crippen molar-refractivity contribution in [2.75, 3.05) is 11.9 Å². The van der Waals surface area contributed by atoms with Crippen LogP contribution in [-0.4, -0.2) is 17.5 Å². The van der Waals surface area contributed by atoms with Crippen LogP contribution in [0.3, 0.4) is 0 Å². The first kappa shape index (κ1) is 17.9. The van der Waals surface area contributed by atoms with Crippen LogP contribution in [0, 0.1) is 6.92 Å². The molecule has 0 fully saturated rings. The fraction of sp³-hybridized carbons (Fsp3) is 0.143. The Morgan fingerprint density at radius 3 is 2.58 bits per heavy atom. The van der Waals surface area contributed by atoms with Gasteiger partial charge in [-0.15, -0.1) is 11.3 Å². The van der Waals surface area contributed by atoms with E-state index in [0.717, 1.165) is 22.6 Å². The highest BCUT2D eigenvalue weighted by Crippen LogP contribution is 2.26. The second-order valence-corrected chi connectivity index (χ2v) is 6.59. The maximum absolute atomic E-state index is 12.1. The Balaban J connectivity index is 1.62. The van der Waals surface area contributed by atoms with E-state index in [0.29, 0.717) is 11.7 Å². The monoisotopic (exact) mass is 364 g/mol. The number of aromatic nitrogens is 1. The van der Waals surface area contributed by atoms with Crippen LogP contribution >= 0.6 is 11.3 Å². The molecule has 0 saturated carbocycles. The number of hydrogen-bond acceptors (Lipinski definition) is 4. The number of rotatable bonds is 6. The summed E-state index contributed by atoms with van der Waals surface area (Å²) in [5.74, 6) is 0.638. The van der Waals surface area contributed by atoms with Crippen LogP contribution in [0.15, 0.2) is 60.0 Å². The molecule has 1 N–H and O–H groups in total. The number of thiazole rings is 1. The van der Waals surface area contributed by atoms with Gasteiger partial charge in [0.2, 0.25) is 5.91 Å². The normalized spacial score (nSPS) is 10.8. The number of nitrogens with zero attached hydrogens (tertiary/aromatic N) is 1. The van der Waals surface area contributed by atoms with Crippen molar-refractivity contribution in [1.82, 2.24) is 4.98 Å². The van der Waals surface area contributed by atoms with Crippen molar-refractivity contribution in [3.05, 3.63) is 71.1 Å². The van der Waals surface area contributed by atoms with E-state index in [1.54, 1.807) is 6.08 Å². The molecular formula is C21H20N2O2S. The quantitative estimate of drug-likeness (QED) is 0.614. The van der Waals surface area contributed by atoms with Gasteiger partial charge in [0, 0.05) is 17.0 Å². The first-order chi connectivity index (χ1) is 12.6. The number of benzene rings is 2. The summed E-state index contributed by atoms with van der Waals surface area (Å²) in [5.41, 5.74) is 3.99. The summed E-state index contributed by atoms with van der Waals surface area (Å²) in [5, 5.41) is 5.30. The molecule has 0 saturated heterocycles. The van der Waals surface area contributed by atoms with E-state index in [9.17, 15) is 4.79 Å². The van der Waals surface area contributed by atoms with Gasteiger partial charge >= 0.3 is 0 Å². The Morgan fingerprint density at radius 1 is 1.15 bits per heavy atom. The number of carbonyl (C=O) groups excluding carboxylic acids is 1. The molecule has 0 unspecified atom stereocenters. The Kier molecular flexibility index (Phi) is 5.81. The van der Waals surface area contributed by atoms with Crippen molar-refractivity contribution in [3.63, 3.8) is 0 Å². The molecular weight excluding hydrogens is 344 g/mol. The smallest absolute Gasteiger partial charge is 0.250 e. The van der Waals surface area contributed by atoms with Crippen LogP contribution < -0.4 is 10.1 Å². The molecule has 0 radical (unpaired) electrons. The number of nitrogens with one attached hydrogen (secondary N) is 1. The van der Waals surface area contributed by atoms with E-state index in [-0.39, 0.29) is 5.91 Å². The van der Waals surface area contributed by atoms with Crippen LogP contribution in [0.25, 0.3) is 17.3 Å². The number of amides is 1. The molecule has 132 valence electrons. The van der Waals surface area contributed by atoms with Gasteiger partial charge in [-0.25, -0.2) is 4.98 Å². The lowest BCUT2D eigenvalue weighted by Crippen LogP contribution is -2.07. The standard InChI is InChI=1S/C21H20N2O2S/c1-3-25-18-11-9-17(10-12-18)19-14-26-21(22-19)23-20(24)13-8-16-6-4-15(2)5-7-16/h4-14H,3H2,1-2H3,(H,22,23,24). The SMILES string of the molecule is CCOc1ccc(-c2csc(NC(=O)C=Cc3ccc(C)cc3)n2)cc1. The molecule has 0 atom stereocenters. The van der Waals surface area contributed by atoms with E-state index >= 15 is 0 Å². The highest BCUT2D eigenvalue weighted by Gasteiger charge is 2.07. The summed E-state index contributed by atoms with van der Waals surface area (Å²) in [6, 6.07) is 15.7. The second-order valence-electron chi connectivity index (χ2n) is 5.73. The van der Waals surface area contributed by atoms with Crippen LogP contribution in [0.5, 0.6) is 5.75 Å². The third-order valence-corrected chi connectivity index (χ3v) is 4.46. The van der Waals surface area contributed by atoms with E-state index in [1.165, 1.54) is 23.0 Å². The topological polar surface area (TPSA) is 51.2 Å². The van der Waals surface area contributed by atoms with Crippen LogP contribution in [0.4, 0.5) is 5.13 Å². The van der Waals surface area contributed by atoms with Crippen molar-refractivity contribution >= 4 is 28.5 Å². The fourth-order valence-electron chi connectivity index (χ4n) is 2.35. The maximum Gasteiger partial charge on any atom is 0.250 e. The van der Waals surface area contributed by atoms with E-state index in [1.807, 2.05) is 67.8 Å². The summed E-state index contributed by atoms with van der Waals surface area (Å²) in [6.45, 7) is 4.63. The third kappa shape index (κ3) is 4.80. The summed E-state index contributed by atoms with van der Waals surface area (Å²) in [6.07, 6.45) is 3.30. The summed E-state index contributed by atoms with van der Waals surface area (Å²) in [7, 11) is 0. The highest BCUT2D eigenvalue weighted by atomic mass is 32.1. The largest absolute Gasteiger partial charge is 0.494 e. The molecule has 0 spiro atoms. The Bertz CT molecular complexity index is 897. The lowest BCUT2D eigenvalue weighted by molar-refractivity contribution is -0.111. The number of ether oxygens (including phenoxy) is 1. The molecule has 0 aliphatic carbocycles. The molecule has 5 heteroatoms. The highest BCUT2D eigenvalue weighted by molar-refractivity contribution is 7.14. The number of hydrogen-bond donors (Lipinski definition) is 1. The van der Waals surface area contributed by atoms with Crippen LogP contribution in [-0.2, 0) is 4.79 Å². The lowest BCUT2D eigenvalue weighted by Gasteiger charge is -2.03. The van der Waals surface area contributed by atoms with Gasteiger partial charge in [0.05, 0.1) is 12.3 Å². The molecule has 4 nitrogen and oxygen atoms in total. The van der Waals surface area contributed by atoms with Crippen LogP contribution in [0.1, 0.15) is 18.1 Å². The molecule has 3 rings (SSSR count). The molecule has 0 bridgehead atoms. The molecule has 0 aliphatic rings. The van der Waals surface area contributed by atoms with Gasteiger partial charge in [0.25, 0.3) is 0 Å². The second kappa shape index (κ2) is 8.45. The Hall–Kier alpha value is -2.92. The summed E-state index contributed by atoms with van der Waals surface area (Å²) < 4.78 is 5.44. The van der Waals surface area contributed by atoms with E-state index in [2.05, 4.69) is 10.3 Å². The Labute approximate surface area is 157 Å². The van der Waals surface area contributed by atoms with Gasteiger partial charge in [-0.1, -0.05) is 29.8 Å². The first-order valence-electron chi connectivity index (χ1n) is 8.38. The van der Waals surface area contributed by atoms with E-state index < -0.39 is 0 Å². The van der Waals surface area contributed by atoms with Crippen molar-refractivity contribution in [1.29, 1.82) is 0 Å². The zero-order valence-electron chi connectivity index (χ0n) is 14.7. The minimum atomic E-state index is -0.196. The van der Waals surface area contributed by atoms with E-state index in [4.69, 9.17) is 4.74 Å². The predicted molar refractivity (Wildman–Crippen MR) is 108 cm³/mol. The number of carbonyl (C=O) groups is 1. The fourth-order valence-corrected chi connectivity index (χ4v) is 3.07. The number of anilines is 1. The van der Waals surface area contributed by atoms with Gasteiger partial charge in [0.15, 0.2) is 5.13 Å². The van der Waals surface area contributed by atoms with Crippen molar-refractivity contribution in [2.45, 2.75) is 13.8 Å². The summed E-state index contributed by atoms with van der Waals surface area (Å²) in [4.78, 5) is 16.5. The van der Waals surface area contributed by atoms with Crippen molar-refractivity contribution < 1.29 is 9.53 Å². The average molecular weight is 364 g/mol. The van der Waals surface area contributed by atoms with Crippen LogP contribution in [0.2, 0.25) is 0 Å². The molecule has 0 aliphatic heterocycles. The molecule has 1 aromatic heterocycles. The molecule has 1 amide bonds. The number of aryl methyl sites for hydroxylation is 1. The predicted octanol–water partition coefficient (Wildman–Crippen LogP) is 5.17. The van der Waals surface area contributed by atoms with Gasteiger partial charge in [0.1, 0.15) is 5.75 Å². The first-order valence-corrected chi connectivity index (χ1v) is 9.26. The Morgan fingerprint density at radius 2 is 1.88 bits per heavy atom. The zero-order chi connectivity index (χ0) is 18.4. The van der Waals surface area contributed by atoms with Gasteiger partial charge in [-0.2, -0.15) is 0 Å². The third-order valence-electron chi connectivity index (χ3n) is 3.70. The van der Waals surface area contributed by atoms with Gasteiger partial charge < -0.3 is 4.74 Å². The zero-order valence-corrected chi connectivity index (χ0v) is 15.5.